The summed E-state index contributed by atoms with van der Waals surface area (Å²) in [6, 6.07) is 15.9. The number of nitrogens with zero attached hydrogens (tertiary/aromatic N) is 1. The molecule has 0 unspecified atom stereocenters. The molecular weight excluding hydrogens is 282 g/mol. The SMILES string of the molecule is COc1cc(-c2cscn2)ccc1OCc1ccccc1. The molecule has 1 aromatic heterocycles. The van der Waals surface area contributed by atoms with E-state index in [0.717, 1.165) is 28.3 Å². The van der Waals surface area contributed by atoms with E-state index in [4.69, 9.17) is 9.47 Å². The third kappa shape index (κ3) is 3.23. The maximum Gasteiger partial charge on any atom is 0.161 e. The minimum absolute atomic E-state index is 0.521. The third-order valence-corrected chi connectivity index (χ3v) is 3.72. The summed E-state index contributed by atoms with van der Waals surface area (Å²) in [5.41, 5.74) is 4.93. The maximum atomic E-state index is 5.84. The Hall–Kier alpha value is -2.33. The number of rotatable bonds is 5. The first kappa shape index (κ1) is 13.6. The second-order valence-corrected chi connectivity index (χ2v) is 5.23. The zero-order valence-corrected chi connectivity index (χ0v) is 12.5. The molecule has 0 aliphatic rings. The van der Waals surface area contributed by atoms with Crippen LogP contribution in [0.5, 0.6) is 11.5 Å². The van der Waals surface area contributed by atoms with E-state index in [9.17, 15) is 0 Å². The van der Waals surface area contributed by atoms with Crippen molar-refractivity contribution in [3.05, 3.63) is 65.0 Å². The number of benzene rings is 2. The highest BCUT2D eigenvalue weighted by molar-refractivity contribution is 7.07. The first-order valence-corrected chi connectivity index (χ1v) is 7.54. The molecule has 2 aromatic carbocycles. The van der Waals surface area contributed by atoms with Crippen molar-refractivity contribution in [2.75, 3.05) is 7.11 Å². The van der Waals surface area contributed by atoms with Crippen LogP contribution in [0.25, 0.3) is 11.3 Å². The van der Waals surface area contributed by atoms with E-state index in [2.05, 4.69) is 4.98 Å². The van der Waals surface area contributed by atoms with Gasteiger partial charge < -0.3 is 9.47 Å². The number of hydrogen-bond acceptors (Lipinski definition) is 4. The zero-order valence-electron chi connectivity index (χ0n) is 11.7. The molecule has 0 N–H and O–H groups in total. The lowest BCUT2D eigenvalue weighted by Crippen LogP contribution is -1.97. The molecule has 0 spiro atoms. The predicted molar refractivity (Wildman–Crippen MR) is 84.9 cm³/mol. The van der Waals surface area contributed by atoms with Crippen LogP contribution in [0.1, 0.15) is 5.56 Å². The van der Waals surface area contributed by atoms with Crippen molar-refractivity contribution in [3.8, 4) is 22.8 Å². The Morgan fingerprint density at radius 2 is 1.90 bits per heavy atom. The normalized spacial score (nSPS) is 10.3. The van der Waals surface area contributed by atoms with Crippen LogP contribution in [0.2, 0.25) is 0 Å². The highest BCUT2D eigenvalue weighted by Gasteiger charge is 2.08. The molecule has 21 heavy (non-hydrogen) atoms. The van der Waals surface area contributed by atoms with Gasteiger partial charge in [0.25, 0.3) is 0 Å². The number of aromatic nitrogens is 1. The molecule has 3 rings (SSSR count). The lowest BCUT2D eigenvalue weighted by Gasteiger charge is -2.11. The standard InChI is InChI=1S/C17H15NO2S/c1-19-17-9-14(15-11-21-12-18-15)7-8-16(17)20-10-13-5-3-2-4-6-13/h2-9,11-12H,10H2,1H3. The topological polar surface area (TPSA) is 31.4 Å². The third-order valence-electron chi connectivity index (χ3n) is 3.13. The molecule has 0 aliphatic carbocycles. The molecule has 0 bridgehead atoms. The Balaban J connectivity index is 1.79. The van der Waals surface area contributed by atoms with Crippen LogP contribution >= 0.6 is 11.3 Å². The summed E-state index contributed by atoms with van der Waals surface area (Å²) in [5.74, 6) is 1.46. The van der Waals surface area contributed by atoms with Gasteiger partial charge in [0.1, 0.15) is 6.61 Å². The summed E-state index contributed by atoms with van der Waals surface area (Å²) in [7, 11) is 1.65. The molecule has 0 fully saturated rings. The quantitative estimate of drug-likeness (QED) is 0.699. The van der Waals surface area contributed by atoms with Gasteiger partial charge in [0.2, 0.25) is 0 Å². The van der Waals surface area contributed by atoms with Gasteiger partial charge in [0.15, 0.2) is 11.5 Å². The number of ether oxygens (including phenoxy) is 2. The summed E-state index contributed by atoms with van der Waals surface area (Å²) in [5, 5.41) is 2.01. The van der Waals surface area contributed by atoms with Crippen LogP contribution in [0.15, 0.2) is 59.4 Å². The minimum Gasteiger partial charge on any atom is -0.493 e. The number of methoxy groups -OCH3 is 1. The summed E-state index contributed by atoms with van der Waals surface area (Å²) < 4.78 is 11.3. The van der Waals surface area contributed by atoms with Crippen LogP contribution in [-0.4, -0.2) is 12.1 Å². The minimum atomic E-state index is 0.521. The molecule has 0 radical (unpaired) electrons. The predicted octanol–water partition coefficient (Wildman–Crippen LogP) is 4.40. The Kier molecular flexibility index (Phi) is 4.17. The van der Waals surface area contributed by atoms with Gasteiger partial charge in [-0.15, -0.1) is 11.3 Å². The molecule has 0 aliphatic heterocycles. The fraction of sp³-hybridized carbons (Fsp3) is 0.118. The average molecular weight is 297 g/mol. The summed E-state index contributed by atoms with van der Waals surface area (Å²) in [4.78, 5) is 4.31. The second-order valence-electron chi connectivity index (χ2n) is 4.51. The highest BCUT2D eigenvalue weighted by atomic mass is 32.1. The van der Waals surface area contributed by atoms with Gasteiger partial charge in [-0.3, -0.25) is 0 Å². The smallest absolute Gasteiger partial charge is 0.161 e. The van der Waals surface area contributed by atoms with Crippen molar-refractivity contribution in [1.82, 2.24) is 4.98 Å². The van der Waals surface area contributed by atoms with Crippen LogP contribution in [-0.2, 0) is 6.61 Å². The van der Waals surface area contributed by atoms with E-state index in [1.165, 1.54) is 0 Å². The molecule has 3 aromatic rings. The highest BCUT2D eigenvalue weighted by Crippen LogP contribution is 2.32. The number of hydrogen-bond donors (Lipinski definition) is 0. The Morgan fingerprint density at radius 3 is 2.62 bits per heavy atom. The van der Waals surface area contributed by atoms with E-state index in [-0.39, 0.29) is 0 Å². The van der Waals surface area contributed by atoms with Crippen molar-refractivity contribution >= 4 is 11.3 Å². The fourth-order valence-corrected chi connectivity index (χ4v) is 2.60. The molecule has 1 heterocycles. The lowest BCUT2D eigenvalue weighted by atomic mass is 10.1. The average Bonchev–Trinajstić information content (AvgIpc) is 3.08. The maximum absolute atomic E-state index is 5.84. The van der Waals surface area contributed by atoms with Gasteiger partial charge in [-0.25, -0.2) is 4.98 Å². The van der Waals surface area contributed by atoms with E-state index >= 15 is 0 Å². The Labute approximate surface area is 127 Å². The Bertz CT molecular complexity index is 696. The van der Waals surface area contributed by atoms with Crippen LogP contribution in [0, 0.1) is 0 Å². The summed E-state index contributed by atoms with van der Waals surface area (Å²) >= 11 is 1.58. The monoisotopic (exact) mass is 297 g/mol. The van der Waals surface area contributed by atoms with E-state index in [1.54, 1.807) is 18.4 Å². The summed E-state index contributed by atoms with van der Waals surface area (Å²) in [6.45, 7) is 0.521. The van der Waals surface area contributed by atoms with E-state index in [1.807, 2.05) is 59.4 Å². The van der Waals surface area contributed by atoms with Crippen LogP contribution < -0.4 is 9.47 Å². The van der Waals surface area contributed by atoms with Crippen molar-refractivity contribution in [2.24, 2.45) is 0 Å². The fourth-order valence-electron chi connectivity index (χ4n) is 2.04. The Morgan fingerprint density at radius 1 is 1.05 bits per heavy atom. The van der Waals surface area contributed by atoms with Gasteiger partial charge in [-0.1, -0.05) is 30.3 Å². The molecule has 3 nitrogen and oxygen atoms in total. The van der Waals surface area contributed by atoms with Gasteiger partial charge in [0, 0.05) is 10.9 Å². The summed E-state index contributed by atoms with van der Waals surface area (Å²) in [6.07, 6.45) is 0. The van der Waals surface area contributed by atoms with Gasteiger partial charge in [-0.05, 0) is 23.8 Å². The lowest BCUT2D eigenvalue weighted by molar-refractivity contribution is 0.284. The molecular formula is C17H15NO2S. The molecule has 0 saturated carbocycles. The van der Waals surface area contributed by atoms with E-state index < -0.39 is 0 Å². The van der Waals surface area contributed by atoms with Gasteiger partial charge in [-0.2, -0.15) is 0 Å². The van der Waals surface area contributed by atoms with Crippen LogP contribution in [0.3, 0.4) is 0 Å². The van der Waals surface area contributed by atoms with Crippen molar-refractivity contribution in [3.63, 3.8) is 0 Å². The van der Waals surface area contributed by atoms with Crippen LogP contribution in [0.4, 0.5) is 0 Å². The first-order valence-electron chi connectivity index (χ1n) is 6.60. The molecule has 0 saturated heterocycles. The van der Waals surface area contributed by atoms with Crippen molar-refractivity contribution < 1.29 is 9.47 Å². The van der Waals surface area contributed by atoms with Gasteiger partial charge in [0.05, 0.1) is 18.3 Å². The largest absolute Gasteiger partial charge is 0.493 e. The molecule has 0 atom stereocenters. The van der Waals surface area contributed by atoms with Crippen molar-refractivity contribution in [1.29, 1.82) is 0 Å². The first-order chi connectivity index (χ1) is 10.4. The number of thiazole rings is 1. The van der Waals surface area contributed by atoms with Crippen molar-refractivity contribution in [2.45, 2.75) is 6.61 Å². The molecule has 106 valence electrons. The molecule has 4 heteroatoms. The molecule has 0 amide bonds. The second kappa shape index (κ2) is 6.41. The van der Waals surface area contributed by atoms with Gasteiger partial charge >= 0.3 is 0 Å². The zero-order chi connectivity index (χ0) is 14.5. The van der Waals surface area contributed by atoms with E-state index in [0.29, 0.717) is 6.61 Å².